The van der Waals surface area contributed by atoms with Crippen molar-refractivity contribution in [2.45, 2.75) is 32.7 Å². The molecule has 7 nitrogen and oxygen atoms in total. The molecule has 3 rings (SSSR count). The van der Waals surface area contributed by atoms with Gasteiger partial charge in [-0.1, -0.05) is 35.3 Å². The number of hydrogen-bond acceptors (Lipinski definition) is 5. The van der Waals surface area contributed by atoms with E-state index in [-0.39, 0.29) is 12.5 Å². The minimum Gasteiger partial charge on any atom is -0.430 e. The van der Waals surface area contributed by atoms with Crippen LogP contribution in [0.4, 0.5) is 5.82 Å². The zero-order chi connectivity index (χ0) is 22.2. The minimum atomic E-state index is -0.290. The number of carbonyl (C=O) groups is 1. The number of imidazole rings is 1. The molecule has 0 unspecified atom stereocenters. The molecule has 0 spiro atoms. The van der Waals surface area contributed by atoms with Gasteiger partial charge in [0.1, 0.15) is 5.76 Å². The lowest BCUT2D eigenvalue weighted by Gasteiger charge is -2.15. The number of amides is 1. The number of aliphatic hydroxyl groups excluding tert-OH is 1. The molecule has 0 saturated carbocycles. The molecule has 1 amide bonds. The van der Waals surface area contributed by atoms with Gasteiger partial charge in [0.25, 0.3) is 5.91 Å². The Morgan fingerprint density at radius 3 is 2.65 bits per heavy atom. The van der Waals surface area contributed by atoms with Crippen molar-refractivity contribution in [3.63, 3.8) is 0 Å². The Labute approximate surface area is 191 Å². The summed E-state index contributed by atoms with van der Waals surface area (Å²) in [6.45, 7) is 3.26. The summed E-state index contributed by atoms with van der Waals surface area (Å²) in [5, 5.41) is 16.4. The van der Waals surface area contributed by atoms with Gasteiger partial charge < -0.3 is 20.5 Å². The molecule has 0 saturated heterocycles. The second kappa shape index (κ2) is 11.2. The number of aliphatic hydroxyl groups is 1. The van der Waals surface area contributed by atoms with Crippen molar-refractivity contribution in [2.24, 2.45) is 0 Å². The first-order valence-corrected chi connectivity index (χ1v) is 11.0. The first kappa shape index (κ1) is 23.2. The third kappa shape index (κ3) is 6.26. The number of aromatic nitrogens is 2. The Morgan fingerprint density at radius 2 is 2.00 bits per heavy atom. The van der Waals surface area contributed by atoms with Crippen LogP contribution in [0.3, 0.4) is 0 Å². The van der Waals surface area contributed by atoms with Crippen LogP contribution in [0.1, 0.15) is 42.2 Å². The summed E-state index contributed by atoms with van der Waals surface area (Å²) >= 11 is 12.1. The molecule has 1 aliphatic carbocycles. The Balaban J connectivity index is 1.99. The third-order valence-electron chi connectivity index (χ3n) is 4.65. The Kier molecular flexibility index (Phi) is 8.40. The summed E-state index contributed by atoms with van der Waals surface area (Å²) in [5.74, 6) is 0.876. The topological polar surface area (TPSA) is 88.4 Å². The van der Waals surface area contributed by atoms with E-state index in [1.807, 2.05) is 25.1 Å². The summed E-state index contributed by atoms with van der Waals surface area (Å²) in [6, 6.07) is 7.72. The number of ether oxygens (including phenoxy) is 1. The van der Waals surface area contributed by atoms with Crippen molar-refractivity contribution < 1.29 is 14.6 Å². The van der Waals surface area contributed by atoms with Crippen LogP contribution in [-0.4, -0.2) is 40.3 Å². The van der Waals surface area contributed by atoms with E-state index in [0.29, 0.717) is 61.4 Å². The van der Waals surface area contributed by atoms with E-state index < -0.39 is 0 Å². The smallest absolute Gasteiger partial charge is 0.304 e. The van der Waals surface area contributed by atoms with Gasteiger partial charge in [-0.05, 0) is 49.6 Å². The van der Waals surface area contributed by atoms with E-state index in [1.165, 1.54) is 0 Å². The lowest BCUT2D eigenvalue weighted by molar-refractivity contribution is 0.0942. The summed E-state index contributed by atoms with van der Waals surface area (Å²) in [5.41, 5.74) is 1.31. The fourth-order valence-corrected chi connectivity index (χ4v) is 3.39. The van der Waals surface area contributed by atoms with Gasteiger partial charge in [-0.15, -0.1) is 0 Å². The van der Waals surface area contributed by atoms with Gasteiger partial charge in [0, 0.05) is 36.2 Å². The van der Waals surface area contributed by atoms with Crippen LogP contribution >= 0.6 is 23.2 Å². The molecule has 166 valence electrons. The van der Waals surface area contributed by atoms with Crippen molar-refractivity contribution >= 4 is 34.9 Å². The fourth-order valence-electron chi connectivity index (χ4n) is 3.11. The summed E-state index contributed by atoms with van der Waals surface area (Å²) < 4.78 is 7.84. The third-order valence-corrected chi connectivity index (χ3v) is 5.22. The molecule has 0 bridgehead atoms. The van der Waals surface area contributed by atoms with Gasteiger partial charge in [-0.3, -0.25) is 9.36 Å². The fraction of sp³-hybridized carbons (Fsp3) is 0.364. The highest BCUT2D eigenvalue weighted by Crippen LogP contribution is 2.29. The average molecular weight is 465 g/mol. The molecule has 0 atom stereocenters. The maximum Gasteiger partial charge on any atom is 0.304 e. The van der Waals surface area contributed by atoms with Crippen molar-refractivity contribution in [3.05, 3.63) is 63.5 Å². The lowest BCUT2D eigenvalue weighted by Crippen LogP contribution is -2.28. The van der Waals surface area contributed by atoms with E-state index in [1.54, 1.807) is 22.8 Å². The standard InChI is InChI=1S/C22H26Cl2N4O3/c1-2-25-20-19(21(30)26-12-3-13-29)28(14-15-4-6-16(23)7-5-15)22(27-20)31-18-10-8-17(24)9-11-18/h4-8,10,25,29H,2-3,9,11-14H2,1H3,(H,26,30). The molecule has 0 fully saturated rings. The molecule has 1 heterocycles. The highest BCUT2D eigenvalue weighted by Gasteiger charge is 2.25. The zero-order valence-corrected chi connectivity index (χ0v) is 18.8. The van der Waals surface area contributed by atoms with Gasteiger partial charge in [-0.2, -0.15) is 4.98 Å². The molecular formula is C22H26Cl2N4O3. The average Bonchev–Trinajstić information content (AvgIpc) is 3.08. The van der Waals surface area contributed by atoms with E-state index in [2.05, 4.69) is 15.6 Å². The quantitative estimate of drug-likeness (QED) is 0.456. The van der Waals surface area contributed by atoms with Gasteiger partial charge in [0.15, 0.2) is 11.5 Å². The number of nitrogens with one attached hydrogen (secondary N) is 2. The highest BCUT2D eigenvalue weighted by atomic mass is 35.5. The van der Waals surface area contributed by atoms with Crippen LogP contribution in [-0.2, 0) is 6.54 Å². The second-order valence-electron chi connectivity index (χ2n) is 7.02. The van der Waals surface area contributed by atoms with Crippen LogP contribution in [0.25, 0.3) is 0 Å². The Bertz CT molecular complexity index is 968. The van der Waals surface area contributed by atoms with Crippen molar-refractivity contribution in [1.82, 2.24) is 14.9 Å². The van der Waals surface area contributed by atoms with Gasteiger partial charge in [-0.25, -0.2) is 0 Å². The normalized spacial score (nSPS) is 13.4. The summed E-state index contributed by atoms with van der Waals surface area (Å²) in [6.07, 6.45) is 5.44. The first-order chi connectivity index (χ1) is 15.0. The largest absolute Gasteiger partial charge is 0.430 e. The number of benzene rings is 1. The van der Waals surface area contributed by atoms with Crippen molar-refractivity contribution in [2.75, 3.05) is 25.0 Å². The molecule has 3 N–H and O–H groups in total. The van der Waals surface area contributed by atoms with Crippen LogP contribution in [0.5, 0.6) is 6.01 Å². The predicted octanol–water partition coefficient (Wildman–Crippen LogP) is 4.31. The monoisotopic (exact) mass is 464 g/mol. The molecular weight excluding hydrogens is 439 g/mol. The molecule has 1 aliphatic rings. The summed E-state index contributed by atoms with van der Waals surface area (Å²) in [4.78, 5) is 17.6. The molecule has 31 heavy (non-hydrogen) atoms. The predicted molar refractivity (Wildman–Crippen MR) is 123 cm³/mol. The van der Waals surface area contributed by atoms with Crippen LogP contribution < -0.4 is 15.4 Å². The first-order valence-electron chi connectivity index (χ1n) is 10.2. The lowest BCUT2D eigenvalue weighted by atomic mass is 10.1. The zero-order valence-electron chi connectivity index (χ0n) is 17.3. The number of allylic oxidation sites excluding steroid dienone is 4. The van der Waals surface area contributed by atoms with E-state index in [4.69, 9.17) is 33.0 Å². The van der Waals surface area contributed by atoms with Crippen LogP contribution in [0.2, 0.25) is 5.02 Å². The maximum absolute atomic E-state index is 13.0. The molecule has 1 aromatic carbocycles. The van der Waals surface area contributed by atoms with E-state index in [9.17, 15) is 4.79 Å². The molecule has 2 aromatic rings. The van der Waals surface area contributed by atoms with Gasteiger partial charge in [0.2, 0.25) is 0 Å². The van der Waals surface area contributed by atoms with Crippen molar-refractivity contribution in [1.29, 1.82) is 0 Å². The van der Waals surface area contributed by atoms with E-state index in [0.717, 1.165) is 16.4 Å². The van der Waals surface area contributed by atoms with E-state index >= 15 is 0 Å². The number of anilines is 1. The van der Waals surface area contributed by atoms with Gasteiger partial charge in [0.05, 0.1) is 6.54 Å². The SMILES string of the molecule is CCNc1nc(OC2=CC=C(Cl)CC2)n(Cc2ccc(Cl)cc2)c1C(=O)NCCCO. The van der Waals surface area contributed by atoms with Gasteiger partial charge >= 0.3 is 6.01 Å². The minimum absolute atomic E-state index is 0.00295. The Hall–Kier alpha value is -2.48. The number of hydrogen-bond donors (Lipinski definition) is 3. The molecule has 1 aromatic heterocycles. The molecule has 0 radical (unpaired) electrons. The molecule has 9 heteroatoms. The van der Waals surface area contributed by atoms with Crippen molar-refractivity contribution in [3.8, 4) is 6.01 Å². The second-order valence-corrected chi connectivity index (χ2v) is 7.94. The highest BCUT2D eigenvalue weighted by molar-refractivity contribution is 6.30. The number of halogens is 2. The van der Waals surface area contributed by atoms with Crippen LogP contribution in [0, 0.1) is 0 Å². The number of nitrogens with zero attached hydrogens (tertiary/aromatic N) is 2. The number of rotatable bonds is 10. The number of carbonyl (C=O) groups excluding carboxylic acids is 1. The Morgan fingerprint density at radius 1 is 1.23 bits per heavy atom. The summed E-state index contributed by atoms with van der Waals surface area (Å²) in [7, 11) is 0. The molecule has 0 aliphatic heterocycles. The van der Waals surface area contributed by atoms with Crippen LogP contribution in [0.15, 0.2) is 47.2 Å². The maximum atomic E-state index is 13.0.